The zero-order chi connectivity index (χ0) is 18.6. The van der Waals surface area contributed by atoms with Gasteiger partial charge < -0.3 is 9.84 Å². The molecule has 0 fully saturated rings. The van der Waals surface area contributed by atoms with Gasteiger partial charge in [-0.05, 0) is 29.3 Å². The normalized spacial score (nSPS) is 13.2. The highest BCUT2D eigenvalue weighted by atomic mass is 16.5. The maximum Gasteiger partial charge on any atom is 0.343 e. The van der Waals surface area contributed by atoms with Crippen molar-refractivity contribution in [2.75, 3.05) is 6.61 Å². The maximum atomic E-state index is 12.8. The highest BCUT2D eigenvalue weighted by molar-refractivity contribution is 6.02. The zero-order valence-corrected chi connectivity index (χ0v) is 14.5. The number of ketones is 1. The van der Waals surface area contributed by atoms with Crippen LogP contribution in [-0.2, 0) is 15.1 Å². The zero-order valence-electron chi connectivity index (χ0n) is 14.5. The van der Waals surface area contributed by atoms with Gasteiger partial charge in [0.15, 0.2) is 11.4 Å². The standard InChI is InChI=1S/C22H20O4/c1-2-26-21(24)22(25,19-10-4-3-5-11-19)15-20(23)18-13-12-16-8-6-7-9-17(16)14-18/h3-14,25H,2,15H2,1H3. The lowest BCUT2D eigenvalue weighted by molar-refractivity contribution is -0.166. The molecule has 0 saturated carbocycles. The number of fused-ring (bicyclic) bond motifs is 1. The highest BCUT2D eigenvalue weighted by Crippen LogP contribution is 2.29. The molecule has 132 valence electrons. The van der Waals surface area contributed by atoms with Crippen molar-refractivity contribution in [2.24, 2.45) is 0 Å². The van der Waals surface area contributed by atoms with Gasteiger partial charge in [-0.15, -0.1) is 0 Å². The minimum Gasteiger partial charge on any atom is -0.464 e. The lowest BCUT2D eigenvalue weighted by Crippen LogP contribution is -2.39. The number of carbonyl (C=O) groups is 2. The van der Waals surface area contributed by atoms with Crippen LogP contribution < -0.4 is 0 Å². The molecular weight excluding hydrogens is 328 g/mol. The summed E-state index contributed by atoms with van der Waals surface area (Å²) in [5, 5.41) is 13.0. The van der Waals surface area contributed by atoms with E-state index >= 15 is 0 Å². The fraction of sp³-hybridized carbons (Fsp3) is 0.182. The molecule has 0 radical (unpaired) electrons. The Morgan fingerprint density at radius 1 is 0.923 bits per heavy atom. The molecule has 3 aromatic carbocycles. The first-order chi connectivity index (χ1) is 12.5. The molecule has 0 aliphatic rings. The lowest BCUT2D eigenvalue weighted by atomic mass is 9.86. The summed E-state index contributed by atoms with van der Waals surface area (Å²) in [6, 6.07) is 21.5. The van der Waals surface area contributed by atoms with E-state index in [1.165, 1.54) is 0 Å². The molecule has 1 atom stereocenters. The van der Waals surface area contributed by atoms with Crippen LogP contribution in [0.1, 0.15) is 29.3 Å². The van der Waals surface area contributed by atoms with Crippen molar-refractivity contribution in [3.8, 4) is 0 Å². The highest BCUT2D eigenvalue weighted by Gasteiger charge is 2.41. The lowest BCUT2D eigenvalue weighted by Gasteiger charge is -2.25. The summed E-state index contributed by atoms with van der Waals surface area (Å²) in [6.45, 7) is 1.78. The maximum absolute atomic E-state index is 12.8. The Morgan fingerprint density at radius 2 is 1.58 bits per heavy atom. The molecule has 0 amide bonds. The Bertz CT molecular complexity index is 933. The van der Waals surface area contributed by atoms with Gasteiger partial charge in [0, 0.05) is 5.56 Å². The molecule has 1 unspecified atom stereocenters. The van der Waals surface area contributed by atoms with Crippen molar-refractivity contribution >= 4 is 22.5 Å². The van der Waals surface area contributed by atoms with Crippen molar-refractivity contribution in [1.29, 1.82) is 0 Å². The summed E-state index contributed by atoms with van der Waals surface area (Å²) in [6.07, 6.45) is -0.381. The van der Waals surface area contributed by atoms with E-state index in [1.54, 1.807) is 49.4 Å². The molecule has 0 aliphatic carbocycles. The second-order valence-corrected chi connectivity index (χ2v) is 6.11. The van der Waals surface area contributed by atoms with E-state index in [1.807, 2.05) is 30.3 Å². The summed E-state index contributed by atoms with van der Waals surface area (Å²) >= 11 is 0. The van der Waals surface area contributed by atoms with Crippen LogP contribution in [0, 0.1) is 0 Å². The van der Waals surface area contributed by atoms with E-state index in [9.17, 15) is 14.7 Å². The number of rotatable bonds is 6. The van der Waals surface area contributed by atoms with Crippen molar-refractivity contribution in [3.05, 3.63) is 83.9 Å². The number of Topliss-reactive ketones (excluding diaryl/α,β-unsaturated/α-hetero) is 1. The molecule has 1 N–H and O–H groups in total. The summed E-state index contributed by atoms with van der Waals surface area (Å²) in [5.74, 6) is -1.14. The van der Waals surface area contributed by atoms with Gasteiger partial charge in [0.25, 0.3) is 0 Å². The molecule has 4 heteroatoms. The van der Waals surface area contributed by atoms with Crippen molar-refractivity contribution in [1.82, 2.24) is 0 Å². The van der Waals surface area contributed by atoms with Crippen LogP contribution in [0.4, 0.5) is 0 Å². The number of benzene rings is 3. The van der Waals surface area contributed by atoms with Gasteiger partial charge in [-0.3, -0.25) is 4.79 Å². The SMILES string of the molecule is CCOC(=O)C(O)(CC(=O)c1ccc2ccccc2c1)c1ccccc1. The molecular formula is C22H20O4. The molecule has 3 aromatic rings. The fourth-order valence-electron chi connectivity index (χ4n) is 2.95. The van der Waals surface area contributed by atoms with Crippen LogP contribution in [0.5, 0.6) is 0 Å². The first-order valence-electron chi connectivity index (χ1n) is 8.51. The van der Waals surface area contributed by atoms with Crippen LogP contribution in [0.25, 0.3) is 10.8 Å². The third-order valence-electron chi connectivity index (χ3n) is 4.35. The number of aliphatic hydroxyl groups is 1. The minimum atomic E-state index is -2.01. The number of esters is 1. The van der Waals surface area contributed by atoms with Gasteiger partial charge in [0.2, 0.25) is 0 Å². The Hall–Kier alpha value is -2.98. The molecule has 0 spiro atoms. The summed E-state index contributed by atoms with van der Waals surface area (Å²) in [7, 11) is 0. The van der Waals surface area contributed by atoms with E-state index in [-0.39, 0.29) is 18.8 Å². The molecule has 4 nitrogen and oxygen atoms in total. The Morgan fingerprint density at radius 3 is 2.27 bits per heavy atom. The molecule has 26 heavy (non-hydrogen) atoms. The molecule has 0 aliphatic heterocycles. The van der Waals surface area contributed by atoms with Crippen molar-refractivity contribution in [3.63, 3.8) is 0 Å². The van der Waals surface area contributed by atoms with Crippen molar-refractivity contribution in [2.45, 2.75) is 18.9 Å². The topological polar surface area (TPSA) is 63.6 Å². The summed E-state index contributed by atoms with van der Waals surface area (Å²) < 4.78 is 5.03. The fourth-order valence-corrected chi connectivity index (χ4v) is 2.95. The number of hydrogen-bond donors (Lipinski definition) is 1. The van der Waals surface area contributed by atoms with Gasteiger partial charge >= 0.3 is 5.97 Å². The van der Waals surface area contributed by atoms with Gasteiger partial charge in [-0.1, -0.05) is 66.7 Å². The van der Waals surface area contributed by atoms with Crippen LogP contribution >= 0.6 is 0 Å². The summed E-state index contributed by atoms with van der Waals surface area (Å²) in [4.78, 5) is 25.2. The Labute approximate surface area is 152 Å². The third-order valence-corrected chi connectivity index (χ3v) is 4.35. The van der Waals surface area contributed by atoms with Gasteiger partial charge in [0.1, 0.15) is 0 Å². The predicted molar refractivity (Wildman–Crippen MR) is 99.9 cm³/mol. The largest absolute Gasteiger partial charge is 0.464 e. The monoisotopic (exact) mass is 348 g/mol. The van der Waals surface area contributed by atoms with Crippen LogP contribution in [-0.4, -0.2) is 23.5 Å². The minimum absolute atomic E-state index is 0.123. The van der Waals surface area contributed by atoms with Crippen LogP contribution in [0.2, 0.25) is 0 Å². The smallest absolute Gasteiger partial charge is 0.343 e. The van der Waals surface area contributed by atoms with Crippen LogP contribution in [0.15, 0.2) is 72.8 Å². The Kier molecular flexibility index (Phi) is 5.14. The quantitative estimate of drug-likeness (QED) is 0.543. The van der Waals surface area contributed by atoms with Gasteiger partial charge in [0.05, 0.1) is 13.0 Å². The van der Waals surface area contributed by atoms with E-state index in [2.05, 4.69) is 0 Å². The molecule has 0 bridgehead atoms. The number of carbonyl (C=O) groups excluding carboxylic acids is 2. The molecule has 0 aromatic heterocycles. The van der Waals surface area contributed by atoms with Crippen LogP contribution in [0.3, 0.4) is 0 Å². The Balaban J connectivity index is 1.95. The average molecular weight is 348 g/mol. The van der Waals surface area contributed by atoms with Crippen molar-refractivity contribution < 1.29 is 19.4 Å². The molecule has 0 heterocycles. The van der Waals surface area contributed by atoms with E-state index in [0.29, 0.717) is 11.1 Å². The van der Waals surface area contributed by atoms with E-state index < -0.39 is 11.6 Å². The van der Waals surface area contributed by atoms with E-state index in [4.69, 9.17) is 4.74 Å². The van der Waals surface area contributed by atoms with Gasteiger partial charge in [-0.2, -0.15) is 0 Å². The first-order valence-corrected chi connectivity index (χ1v) is 8.51. The average Bonchev–Trinajstić information content (AvgIpc) is 2.68. The second kappa shape index (κ2) is 7.50. The molecule has 0 saturated heterocycles. The summed E-state index contributed by atoms with van der Waals surface area (Å²) in [5.41, 5.74) is -1.23. The van der Waals surface area contributed by atoms with E-state index in [0.717, 1.165) is 10.8 Å². The molecule has 3 rings (SSSR count). The number of hydrogen-bond acceptors (Lipinski definition) is 4. The predicted octanol–water partition coefficient (Wildman–Crippen LogP) is 3.86. The second-order valence-electron chi connectivity index (χ2n) is 6.11. The van der Waals surface area contributed by atoms with Gasteiger partial charge in [-0.25, -0.2) is 4.79 Å². The first kappa shape index (κ1) is 17.8. The number of ether oxygens (including phenoxy) is 1. The third kappa shape index (κ3) is 3.51.